The highest BCUT2D eigenvalue weighted by atomic mass is 32.2. The Morgan fingerprint density at radius 3 is 2.90 bits per heavy atom. The van der Waals surface area contributed by atoms with Crippen LogP contribution in [-0.4, -0.2) is 17.2 Å². The Morgan fingerprint density at radius 2 is 2.10 bits per heavy atom. The van der Waals surface area contributed by atoms with E-state index < -0.39 is 6.17 Å². The summed E-state index contributed by atoms with van der Waals surface area (Å²) in [6.45, 7) is 0. The zero-order chi connectivity index (χ0) is 6.97. The second kappa shape index (κ2) is 2.42. The first-order valence-corrected chi connectivity index (χ1v) is 4.53. The smallest absolute Gasteiger partial charge is 0.117 e. The van der Waals surface area contributed by atoms with Gasteiger partial charge in [-0.15, -0.1) is 0 Å². The molecule has 10 heavy (non-hydrogen) atoms. The highest BCUT2D eigenvalue weighted by Crippen LogP contribution is 2.37. The maximum atomic E-state index is 13.0. The van der Waals surface area contributed by atoms with Crippen molar-refractivity contribution >= 4 is 11.8 Å². The van der Waals surface area contributed by atoms with Gasteiger partial charge in [0.2, 0.25) is 0 Å². The molecule has 0 radical (unpaired) electrons. The Labute approximate surface area is 64.2 Å². The van der Waals surface area contributed by atoms with Gasteiger partial charge in [0, 0.05) is 16.9 Å². The van der Waals surface area contributed by atoms with Crippen molar-refractivity contribution in [2.75, 3.05) is 5.75 Å². The topological polar surface area (TPSA) is 0 Å². The average Bonchev–Trinajstić information content (AvgIpc) is 2.34. The third-order valence-corrected chi connectivity index (χ3v) is 3.36. The van der Waals surface area contributed by atoms with Crippen molar-refractivity contribution in [1.82, 2.24) is 0 Å². The fourth-order valence-electron chi connectivity index (χ4n) is 1.41. The monoisotopic (exact) mass is 156 g/mol. The summed E-state index contributed by atoms with van der Waals surface area (Å²) in [4.78, 5) is 0. The molecule has 1 fully saturated rings. The number of fused-ring (bicyclic) bond motifs is 1. The molecule has 0 N–H and O–H groups in total. The number of rotatable bonds is 0. The Bertz CT molecular complexity index is 186. The van der Waals surface area contributed by atoms with Crippen LogP contribution in [0, 0.1) is 5.92 Å². The van der Waals surface area contributed by atoms with E-state index in [-0.39, 0.29) is 5.92 Å². The van der Waals surface area contributed by atoms with Crippen molar-refractivity contribution < 1.29 is 4.39 Å². The minimum atomic E-state index is -0.615. The zero-order valence-corrected chi connectivity index (χ0v) is 6.35. The summed E-state index contributed by atoms with van der Waals surface area (Å²) >= 11 is 1.72. The van der Waals surface area contributed by atoms with Gasteiger partial charge < -0.3 is 0 Å². The number of alkyl halides is 1. The van der Waals surface area contributed by atoms with E-state index in [0.717, 1.165) is 0 Å². The molecule has 0 spiro atoms. The minimum absolute atomic E-state index is 0.162. The van der Waals surface area contributed by atoms with Crippen molar-refractivity contribution in [2.45, 2.75) is 11.4 Å². The molecular formula is C8H9FS. The predicted octanol–water partition coefficient (Wildman–Crippen LogP) is 2.18. The first kappa shape index (κ1) is 6.47. The van der Waals surface area contributed by atoms with Crippen LogP contribution < -0.4 is 0 Å². The number of allylic oxidation sites excluding steroid dienone is 3. The molecule has 3 atom stereocenters. The number of hydrogen-bond donors (Lipinski definition) is 0. The molecule has 1 aliphatic carbocycles. The van der Waals surface area contributed by atoms with E-state index in [0.29, 0.717) is 11.0 Å². The van der Waals surface area contributed by atoms with Gasteiger partial charge in [-0.2, -0.15) is 11.8 Å². The molecule has 3 unspecified atom stereocenters. The molecule has 0 saturated carbocycles. The van der Waals surface area contributed by atoms with E-state index in [1.807, 2.05) is 18.2 Å². The number of halogens is 1. The van der Waals surface area contributed by atoms with Gasteiger partial charge in [-0.05, 0) is 0 Å². The minimum Gasteiger partial charge on any atom is -0.246 e. The van der Waals surface area contributed by atoms with Crippen LogP contribution in [0.5, 0.6) is 0 Å². The molecule has 2 rings (SSSR count). The van der Waals surface area contributed by atoms with E-state index >= 15 is 0 Å². The van der Waals surface area contributed by atoms with Crippen molar-refractivity contribution in [3.8, 4) is 0 Å². The fourth-order valence-corrected chi connectivity index (χ4v) is 2.72. The quantitative estimate of drug-likeness (QED) is 0.518. The van der Waals surface area contributed by atoms with Crippen LogP contribution in [0.3, 0.4) is 0 Å². The second-order valence-electron chi connectivity index (χ2n) is 2.66. The number of hydrogen-bond acceptors (Lipinski definition) is 1. The van der Waals surface area contributed by atoms with Crippen LogP contribution in [0.25, 0.3) is 0 Å². The first-order valence-electron chi connectivity index (χ1n) is 3.48. The van der Waals surface area contributed by atoms with Crippen molar-refractivity contribution in [3.05, 3.63) is 24.3 Å². The van der Waals surface area contributed by atoms with Crippen LogP contribution in [0.4, 0.5) is 4.39 Å². The largest absolute Gasteiger partial charge is 0.246 e. The maximum Gasteiger partial charge on any atom is 0.117 e. The normalized spacial score (nSPS) is 43.9. The lowest BCUT2D eigenvalue weighted by Gasteiger charge is -2.14. The van der Waals surface area contributed by atoms with Gasteiger partial charge in [-0.25, -0.2) is 4.39 Å². The lowest BCUT2D eigenvalue weighted by Crippen LogP contribution is -2.17. The molecular weight excluding hydrogens is 147 g/mol. The molecule has 2 aliphatic rings. The standard InChI is InChI=1S/C8H9FS/c9-7-5-10-8-4-2-1-3-6(7)8/h1-4,6-8H,5H2. The van der Waals surface area contributed by atoms with Crippen LogP contribution in [0.2, 0.25) is 0 Å². The third kappa shape index (κ3) is 0.908. The van der Waals surface area contributed by atoms with Gasteiger partial charge in [0.15, 0.2) is 0 Å². The molecule has 1 saturated heterocycles. The third-order valence-electron chi connectivity index (χ3n) is 1.99. The summed E-state index contributed by atoms with van der Waals surface area (Å²) in [6, 6.07) is 0. The maximum absolute atomic E-state index is 13.0. The van der Waals surface area contributed by atoms with E-state index in [2.05, 4.69) is 6.08 Å². The molecule has 1 aliphatic heterocycles. The van der Waals surface area contributed by atoms with Crippen molar-refractivity contribution in [1.29, 1.82) is 0 Å². The van der Waals surface area contributed by atoms with Gasteiger partial charge in [-0.1, -0.05) is 24.3 Å². The average molecular weight is 156 g/mol. The van der Waals surface area contributed by atoms with Gasteiger partial charge in [-0.3, -0.25) is 0 Å². The molecule has 0 nitrogen and oxygen atoms in total. The SMILES string of the molecule is FC1CSC2C=CC=CC12. The Kier molecular flexibility index (Phi) is 1.57. The van der Waals surface area contributed by atoms with Crippen molar-refractivity contribution in [3.63, 3.8) is 0 Å². The van der Waals surface area contributed by atoms with Crippen LogP contribution in [-0.2, 0) is 0 Å². The molecule has 0 aromatic carbocycles. The van der Waals surface area contributed by atoms with E-state index in [1.54, 1.807) is 11.8 Å². The number of thioether (sulfide) groups is 1. The predicted molar refractivity (Wildman–Crippen MR) is 42.9 cm³/mol. The molecule has 1 heterocycles. The zero-order valence-electron chi connectivity index (χ0n) is 5.53. The van der Waals surface area contributed by atoms with Gasteiger partial charge in [0.05, 0.1) is 0 Å². The summed E-state index contributed by atoms with van der Waals surface area (Å²) in [5, 5.41) is 0.417. The summed E-state index contributed by atoms with van der Waals surface area (Å²) in [5.41, 5.74) is 0. The molecule has 0 amide bonds. The van der Waals surface area contributed by atoms with E-state index in [4.69, 9.17) is 0 Å². The fraction of sp³-hybridized carbons (Fsp3) is 0.500. The lowest BCUT2D eigenvalue weighted by molar-refractivity contribution is 0.309. The van der Waals surface area contributed by atoms with Crippen LogP contribution >= 0.6 is 11.8 Å². The molecule has 0 aromatic heterocycles. The molecule has 0 bridgehead atoms. The summed E-state index contributed by atoms with van der Waals surface area (Å²) in [6.07, 6.45) is 7.41. The molecule has 2 heteroatoms. The second-order valence-corrected chi connectivity index (χ2v) is 3.87. The van der Waals surface area contributed by atoms with Crippen molar-refractivity contribution in [2.24, 2.45) is 5.92 Å². The first-order chi connectivity index (χ1) is 4.88. The summed E-state index contributed by atoms with van der Waals surface area (Å²) in [7, 11) is 0. The van der Waals surface area contributed by atoms with Crippen LogP contribution in [0.15, 0.2) is 24.3 Å². The molecule has 0 aromatic rings. The molecule has 54 valence electrons. The summed E-state index contributed by atoms with van der Waals surface area (Å²) < 4.78 is 13.0. The Morgan fingerprint density at radius 1 is 1.30 bits per heavy atom. The Hall–Kier alpha value is -0.240. The lowest BCUT2D eigenvalue weighted by atomic mass is 9.97. The van der Waals surface area contributed by atoms with E-state index in [9.17, 15) is 4.39 Å². The van der Waals surface area contributed by atoms with Gasteiger partial charge >= 0.3 is 0 Å². The van der Waals surface area contributed by atoms with E-state index in [1.165, 1.54) is 0 Å². The van der Waals surface area contributed by atoms with Gasteiger partial charge in [0.25, 0.3) is 0 Å². The highest BCUT2D eigenvalue weighted by Gasteiger charge is 2.34. The summed E-state index contributed by atoms with van der Waals surface area (Å²) in [5.74, 6) is 0.833. The Balaban J connectivity index is 2.19. The van der Waals surface area contributed by atoms with Gasteiger partial charge in [0.1, 0.15) is 6.17 Å². The van der Waals surface area contributed by atoms with Crippen LogP contribution in [0.1, 0.15) is 0 Å². The highest BCUT2D eigenvalue weighted by molar-refractivity contribution is 8.00.